The molecule has 1 unspecified atom stereocenters. The van der Waals surface area contributed by atoms with Gasteiger partial charge in [-0.3, -0.25) is 0 Å². The van der Waals surface area contributed by atoms with Gasteiger partial charge in [0.15, 0.2) is 0 Å². The minimum absolute atomic E-state index is 0.0759. The SMILES string of the molecule is NC1=NC(c2ccc(Cl)cc2)CC(c2cc3ccccc3o2)=N1. The van der Waals surface area contributed by atoms with Crippen molar-refractivity contribution in [3.05, 3.63) is 70.9 Å². The molecule has 0 radical (unpaired) electrons. The van der Waals surface area contributed by atoms with E-state index in [1.165, 1.54) is 0 Å². The summed E-state index contributed by atoms with van der Waals surface area (Å²) >= 11 is 5.95. The molecule has 4 rings (SSSR count). The summed E-state index contributed by atoms with van der Waals surface area (Å²) in [5, 5.41) is 1.75. The van der Waals surface area contributed by atoms with Gasteiger partial charge in [-0.2, -0.15) is 0 Å². The molecule has 2 heterocycles. The van der Waals surface area contributed by atoms with Gasteiger partial charge in [-0.1, -0.05) is 41.9 Å². The molecule has 0 bridgehead atoms. The summed E-state index contributed by atoms with van der Waals surface area (Å²) in [4.78, 5) is 8.80. The number of aliphatic imine (C=N–C) groups is 2. The van der Waals surface area contributed by atoms with Crippen LogP contribution >= 0.6 is 11.6 Å². The number of rotatable bonds is 2. The van der Waals surface area contributed by atoms with Gasteiger partial charge in [-0.25, -0.2) is 9.98 Å². The highest BCUT2D eigenvalue weighted by molar-refractivity contribution is 6.30. The molecule has 0 saturated carbocycles. The normalized spacial score (nSPS) is 17.9. The van der Waals surface area contributed by atoms with Gasteiger partial charge in [0.1, 0.15) is 11.3 Å². The lowest BCUT2D eigenvalue weighted by atomic mass is 9.99. The standard InChI is InChI=1S/C18H14ClN3O/c19-13-7-5-11(6-8-13)14-10-15(22-18(20)21-14)17-9-12-3-1-2-4-16(12)23-17/h1-9,14H,10H2,(H2,20,21). The van der Waals surface area contributed by atoms with Crippen LogP contribution in [0, 0.1) is 0 Å². The Morgan fingerprint density at radius 1 is 1.09 bits per heavy atom. The molecule has 2 N–H and O–H groups in total. The quantitative estimate of drug-likeness (QED) is 0.762. The second-order valence-corrected chi connectivity index (χ2v) is 5.90. The molecule has 3 aromatic rings. The summed E-state index contributed by atoms with van der Waals surface area (Å²) in [6.07, 6.45) is 0.641. The van der Waals surface area contributed by atoms with E-state index in [4.69, 9.17) is 21.8 Å². The van der Waals surface area contributed by atoms with Crippen molar-refractivity contribution in [2.75, 3.05) is 0 Å². The van der Waals surface area contributed by atoms with Crippen LogP contribution in [0.1, 0.15) is 23.8 Å². The number of nitrogens with two attached hydrogens (primary N) is 1. The Morgan fingerprint density at radius 2 is 1.87 bits per heavy atom. The van der Waals surface area contributed by atoms with Gasteiger partial charge >= 0.3 is 0 Å². The highest BCUT2D eigenvalue weighted by atomic mass is 35.5. The maximum atomic E-state index is 5.95. The second-order valence-electron chi connectivity index (χ2n) is 5.47. The van der Waals surface area contributed by atoms with Crippen molar-refractivity contribution in [2.45, 2.75) is 12.5 Å². The zero-order chi connectivity index (χ0) is 15.8. The van der Waals surface area contributed by atoms with Crippen molar-refractivity contribution in [3.63, 3.8) is 0 Å². The number of para-hydroxylation sites is 1. The highest BCUT2D eigenvalue weighted by Crippen LogP contribution is 2.29. The van der Waals surface area contributed by atoms with E-state index in [0.29, 0.717) is 11.4 Å². The van der Waals surface area contributed by atoms with E-state index in [0.717, 1.165) is 28.0 Å². The lowest BCUT2D eigenvalue weighted by Gasteiger charge is -2.18. The molecule has 23 heavy (non-hydrogen) atoms. The summed E-state index contributed by atoms with van der Waals surface area (Å²) in [6.45, 7) is 0. The van der Waals surface area contributed by atoms with Crippen LogP contribution in [0.25, 0.3) is 11.0 Å². The van der Waals surface area contributed by atoms with E-state index < -0.39 is 0 Å². The molecule has 5 heteroatoms. The maximum Gasteiger partial charge on any atom is 0.216 e. The molecule has 1 aromatic heterocycles. The van der Waals surface area contributed by atoms with Gasteiger partial charge in [-0.15, -0.1) is 0 Å². The first-order valence-corrected chi connectivity index (χ1v) is 7.72. The summed E-state index contributed by atoms with van der Waals surface area (Å²) in [6, 6.07) is 17.4. The Kier molecular flexibility index (Phi) is 3.39. The van der Waals surface area contributed by atoms with Crippen LogP contribution in [0.5, 0.6) is 0 Å². The number of nitrogens with zero attached hydrogens (tertiary/aromatic N) is 2. The average Bonchev–Trinajstić information content (AvgIpc) is 2.99. The van der Waals surface area contributed by atoms with Crippen molar-refractivity contribution in [1.29, 1.82) is 0 Å². The topological polar surface area (TPSA) is 63.9 Å². The molecule has 0 spiro atoms. The third kappa shape index (κ3) is 2.73. The monoisotopic (exact) mass is 323 g/mol. The van der Waals surface area contributed by atoms with Crippen LogP contribution in [-0.2, 0) is 0 Å². The van der Waals surface area contributed by atoms with E-state index in [1.807, 2.05) is 54.6 Å². The Bertz CT molecular complexity index is 892. The van der Waals surface area contributed by atoms with Crippen molar-refractivity contribution in [1.82, 2.24) is 0 Å². The highest BCUT2D eigenvalue weighted by Gasteiger charge is 2.22. The van der Waals surface area contributed by atoms with Gasteiger partial charge in [0, 0.05) is 16.8 Å². The minimum Gasteiger partial charge on any atom is -0.455 e. The molecule has 1 aliphatic heterocycles. The number of hydrogen-bond acceptors (Lipinski definition) is 4. The van der Waals surface area contributed by atoms with Gasteiger partial charge < -0.3 is 10.2 Å². The number of hydrogen-bond donors (Lipinski definition) is 1. The molecule has 2 aromatic carbocycles. The lowest BCUT2D eigenvalue weighted by Crippen LogP contribution is -2.21. The summed E-state index contributed by atoms with van der Waals surface area (Å²) in [5.74, 6) is 1.01. The van der Waals surface area contributed by atoms with Crippen LogP contribution in [0.3, 0.4) is 0 Å². The first kappa shape index (κ1) is 14.0. The number of furan rings is 1. The van der Waals surface area contributed by atoms with E-state index >= 15 is 0 Å². The Hall–Kier alpha value is -2.59. The van der Waals surface area contributed by atoms with Crippen molar-refractivity contribution >= 4 is 34.2 Å². The lowest BCUT2D eigenvalue weighted by molar-refractivity contribution is 0.597. The first-order valence-electron chi connectivity index (χ1n) is 7.34. The van der Waals surface area contributed by atoms with Crippen molar-refractivity contribution < 1.29 is 4.42 Å². The Labute approximate surface area is 138 Å². The molecule has 0 fully saturated rings. The number of halogens is 1. The molecule has 1 aliphatic rings. The number of benzene rings is 2. The zero-order valence-corrected chi connectivity index (χ0v) is 13.0. The fourth-order valence-electron chi connectivity index (χ4n) is 2.76. The number of guanidine groups is 1. The maximum absolute atomic E-state index is 5.95. The van der Waals surface area contributed by atoms with Gasteiger partial charge in [0.25, 0.3) is 0 Å². The van der Waals surface area contributed by atoms with Crippen molar-refractivity contribution in [3.8, 4) is 0 Å². The number of fused-ring (bicyclic) bond motifs is 1. The van der Waals surface area contributed by atoms with E-state index in [1.54, 1.807) is 0 Å². The molecule has 0 amide bonds. The molecular formula is C18H14ClN3O. The van der Waals surface area contributed by atoms with Crippen LogP contribution in [-0.4, -0.2) is 11.7 Å². The van der Waals surface area contributed by atoms with Crippen LogP contribution < -0.4 is 5.73 Å². The third-order valence-corrected chi connectivity index (χ3v) is 4.14. The van der Waals surface area contributed by atoms with E-state index in [2.05, 4.69) is 9.98 Å². The third-order valence-electron chi connectivity index (χ3n) is 3.89. The molecule has 1 atom stereocenters. The van der Waals surface area contributed by atoms with Crippen LogP contribution in [0.2, 0.25) is 5.02 Å². The molecule has 4 nitrogen and oxygen atoms in total. The van der Waals surface area contributed by atoms with E-state index in [9.17, 15) is 0 Å². The fraction of sp³-hybridized carbons (Fsp3) is 0.111. The zero-order valence-electron chi connectivity index (χ0n) is 12.2. The predicted octanol–water partition coefficient (Wildman–Crippen LogP) is 4.34. The smallest absolute Gasteiger partial charge is 0.216 e. The fourth-order valence-corrected chi connectivity index (χ4v) is 2.88. The van der Waals surface area contributed by atoms with E-state index in [-0.39, 0.29) is 12.0 Å². The largest absolute Gasteiger partial charge is 0.455 e. The van der Waals surface area contributed by atoms with Gasteiger partial charge in [0.2, 0.25) is 5.96 Å². The van der Waals surface area contributed by atoms with Gasteiger partial charge in [-0.05, 0) is 29.8 Å². The predicted molar refractivity (Wildman–Crippen MR) is 93.2 cm³/mol. The van der Waals surface area contributed by atoms with Crippen LogP contribution in [0.15, 0.2) is 69.0 Å². The van der Waals surface area contributed by atoms with Crippen molar-refractivity contribution in [2.24, 2.45) is 15.7 Å². The summed E-state index contributed by atoms with van der Waals surface area (Å²) < 4.78 is 5.90. The minimum atomic E-state index is -0.0759. The average molecular weight is 324 g/mol. The Morgan fingerprint density at radius 3 is 2.65 bits per heavy atom. The molecule has 0 aliphatic carbocycles. The summed E-state index contributed by atoms with van der Waals surface area (Å²) in [7, 11) is 0. The van der Waals surface area contributed by atoms with Crippen LogP contribution in [0.4, 0.5) is 0 Å². The molecule has 0 saturated heterocycles. The first-order chi connectivity index (χ1) is 11.2. The van der Waals surface area contributed by atoms with Gasteiger partial charge in [0.05, 0.1) is 11.8 Å². The molecular weight excluding hydrogens is 310 g/mol. The summed E-state index contributed by atoms with van der Waals surface area (Å²) in [5.41, 5.74) is 8.62. The molecule has 114 valence electrons. The second kappa shape index (κ2) is 5.56. The Balaban J connectivity index is 1.69.